The topological polar surface area (TPSA) is 82.3 Å². The normalized spacial score (nSPS) is 18.8. The molecule has 2 heterocycles. The van der Waals surface area contributed by atoms with Gasteiger partial charge in [-0.25, -0.2) is 4.98 Å². The third kappa shape index (κ3) is 3.96. The van der Waals surface area contributed by atoms with Gasteiger partial charge in [0.25, 0.3) is 0 Å². The molecule has 6 heteroatoms. The molecule has 1 saturated heterocycles. The predicted molar refractivity (Wildman–Crippen MR) is 74.2 cm³/mol. The number of nitrogen functional groups attached to an aromatic ring is 1. The Bertz CT molecular complexity index is 406. The Morgan fingerprint density at radius 2 is 2.37 bits per heavy atom. The van der Waals surface area contributed by atoms with E-state index in [4.69, 9.17) is 15.2 Å². The van der Waals surface area contributed by atoms with Gasteiger partial charge in [-0.1, -0.05) is 0 Å². The lowest BCUT2D eigenvalue weighted by Crippen LogP contribution is -2.14. The van der Waals surface area contributed by atoms with E-state index in [1.807, 2.05) is 13.8 Å². The highest BCUT2D eigenvalue weighted by molar-refractivity contribution is 5.66. The molecule has 19 heavy (non-hydrogen) atoms. The van der Waals surface area contributed by atoms with Gasteiger partial charge in [-0.2, -0.15) is 4.98 Å². The lowest BCUT2D eigenvalue weighted by molar-refractivity contribution is 0.185. The van der Waals surface area contributed by atoms with Crippen LogP contribution in [-0.4, -0.2) is 35.8 Å². The second-order valence-corrected chi connectivity index (χ2v) is 5.05. The minimum atomic E-state index is 0.0423. The molecule has 2 rings (SSSR count). The number of anilines is 2. The molecule has 1 atom stereocenters. The van der Waals surface area contributed by atoms with Crippen LogP contribution in [0.15, 0.2) is 6.33 Å². The summed E-state index contributed by atoms with van der Waals surface area (Å²) < 4.78 is 10.9. The minimum absolute atomic E-state index is 0.0423. The van der Waals surface area contributed by atoms with Crippen LogP contribution in [0.3, 0.4) is 0 Å². The van der Waals surface area contributed by atoms with Crippen LogP contribution in [0, 0.1) is 5.92 Å². The van der Waals surface area contributed by atoms with Crippen molar-refractivity contribution in [1.29, 1.82) is 0 Å². The Morgan fingerprint density at radius 3 is 3.05 bits per heavy atom. The molecule has 6 nitrogen and oxygen atoms in total. The molecule has 1 aliphatic rings. The maximum atomic E-state index is 5.99. The predicted octanol–water partition coefficient (Wildman–Crippen LogP) is 1.68. The molecule has 0 aliphatic carbocycles. The monoisotopic (exact) mass is 266 g/mol. The number of hydrogen-bond donors (Lipinski definition) is 2. The van der Waals surface area contributed by atoms with Crippen LogP contribution in [0.5, 0.6) is 5.88 Å². The Morgan fingerprint density at radius 1 is 1.53 bits per heavy atom. The Labute approximate surface area is 113 Å². The van der Waals surface area contributed by atoms with Crippen molar-refractivity contribution >= 4 is 11.5 Å². The van der Waals surface area contributed by atoms with Gasteiger partial charge in [-0.3, -0.25) is 0 Å². The number of ether oxygens (including phenoxy) is 2. The van der Waals surface area contributed by atoms with E-state index in [2.05, 4.69) is 15.3 Å². The van der Waals surface area contributed by atoms with E-state index in [0.717, 1.165) is 32.6 Å². The first-order chi connectivity index (χ1) is 9.16. The molecule has 3 N–H and O–H groups in total. The third-order valence-electron chi connectivity index (χ3n) is 3.06. The van der Waals surface area contributed by atoms with Crippen LogP contribution in [0.2, 0.25) is 0 Å². The van der Waals surface area contributed by atoms with E-state index in [1.165, 1.54) is 6.33 Å². The maximum Gasteiger partial charge on any atom is 0.242 e. The summed E-state index contributed by atoms with van der Waals surface area (Å²) in [7, 11) is 0. The van der Waals surface area contributed by atoms with E-state index < -0.39 is 0 Å². The fourth-order valence-electron chi connectivity index (χ4n) is 2.04. The van der Waals surface area contributed by atoms with E-state index in [9.17, 15) is 0 Å². The highest BCUT2D eigenvalue weighted by Gasteiger charge is 2.16. The van der Waals surface area contributed by atoms with Crippen molar-refractivity contribution in [1.82, 2.24) is 9.97 Å². The SMILES string of the molecule is CC(C)Oc1ncnc(NCCC2CCOC2)c1N. The largest absolute Gasteiger partial charge is 0.473 e. The van der Waals surface area contributed by atoms with Crippen LogP contribution < -0.4 is 15.8 Å². The fourth-order valence-corrected chi connectivity index (χ4v) is 2.04. The highest BCUT2D eigenvalue weighted by Crippen LogP contribution is 2.25. The van der Waals surface area contributed by atoms with Crippen LogP contribution in [0.25, 0.3) is 0 Å². The van der Waals surface area contributed by atoms with Gasteiger partial charge in [0.2, 0.25) is 5.88 Å². The molecule has 0 radical (unpaired) electrons. The molecule has 1 aromatic rings. The fraction of sp³-hybridized carbons (Fsp3) is 0.692. The van der Waals surface area contributed by atoms with Crippen molar-refractivity contribution in [3.8, 4) is 5.88 Å². The molecule has 0 saturated carbocycles. The van der Waals surface area contributed by atoms with Crippen LogP contribution >= 0.6 is 0 Å². The van der Waals surface area contributed by atoms with Crippen LogP contribution in [0.1, 0.15) is 26.7 Å². The molecule has 1 aliphatic heterocycles. The molecular formula is C13H22N4O2. The van der Waals surface area contributed by atoms with E-state index in [0.29, 0.717) is 23.3 Å². The molecule has 1 fully saturated rings. The molecule has 106 valence electrons. The summed E-state index contributed by atoms with van der Waals surface area (Å²) in [6, 6.07) is 0. The number of rotatable bonds is 6. The summed E-state index contributed by atoms with van der Waals surface area (Å²) in [6.45, 7) is 6.45. The third-order valence-corrected chi connectivity index (χ3v) is 3.06. The standard InChI is InChI=1S/C13H22N4O2/c1-9(2)19-13-11(14)12(16-8-17-13)15-5-3-10-4-6-18-7-10/h8-10H,3-7,14H2,1-2H3,(H,15,16,17). The number of nitrogens with one attached hydrogen (secondary N) is 1. The first-order valence-corrected chi connectivity index (χ1v) is 6.75. The molecule has 1 unspecified atom stereocenters. The Balaban J connectivity index is 1.88. The maximum absolute atomic E-state index is 5.99. The quantitative estimate of drug-likeness (QED) is 0.815. The summed E-state index contributed by atoms with van der Waals surface area (Å²) in [4.78, 5) is 8.20. The van der Waals surface area contributed by atoms with Crippen molar-refractivity contribution in [3.05, 3.63) is 6.33 Å². The smallest absolute Gasteiger partial charge is 0.242 e. The van der Waals surface area contributed by atoms with Crippen molar-refractivity contribution in [2.24, 2.45) is 5.92 Å². The van der Waals surface area contributed by atoms with Crippen molar-refractivity contribution in [2.45, 2.75) is 32.8 Å². The average molecular weight is 266 g/mol. The van der Waals surface area contributed by atoms with Gasteiger partial charge in [-0.15, -0.1) is 0 Å². The summed E-state index contributed by atoms with van der Waals surface area (Å²) in [5.74, 6) is 1.73. The lowest BCUT2D eigenvalue weighted by Gasteiger charge is -2.14. The van der Waals surface area contributed by atoms with Gasteiger partial charge in [0.1, 0.15) is 12.0 Å². The van der Waals surface area contributed by atoms with Crippen molar-refractivity contribution in [2.75, 3.05) is 30.8 Å². The van der Waals surface area contributed by atoms with E-state index in [-0.39, 0.29) is 6.10 Å². The summed E-state index contributed by atoms with van der Waals surface area (Å²) in [6.07, 6.45) is 3.71. The van der Waals surface area contributed by atoms with Gasteiger partial charge >= 0.3 is 0 Å². The molecule has 0 spiro atoms. The van der Waals surface area contributed by atoms with Crippen molar-refractivity contribution in [3.63, 3.8) is 0 Å². The summed E-state index contributed by atoms with van der Waals surface area (Å²) in [5, 5.41) is 3.24. The lowest BCUT2D eigenvalue weighted by atomic mass is 10.1. The van der Waals surface area contributed by atoms with E-state index in [1.54, 1.807) is 0 Å². The molecule has 0 aromatic carbocycles. The zero-order valence-corrected chi connectivity index (χ0v) is 11.6. The minimum Gasteiger partial charge on any atom is -0.473 e. The zero-order chi connectivity index (χ0) is 13.7. The molecular weight excluding hydrogens is 244 g/mol. The number of nitrogens with two attached hydrogens (primary N) is 1. The van der Waals surface area contributed by atoms with Gasteiger partial charge in [0, 0.05) is 19.8 Å². The number of hydrogen-bond acceptors (Lipinski definition) is 6. The van der Waals surface area contributed by atoms with Gasteiger partial charge in [0.05, 0.1) is 6.10 Å². The van der Waals surface area contributed by atoms with Gasteiger partial charge in [-0.05, 0) is 32.6 Å². The Kier molecular flexibility index (Phi) is 4.79. The second kappa shape index (κ2) is 6.56. The number of nitrogens with zero attached hydrogens (tertiary/aromatic N) is 2. The Hall–Kier alpha value is -1.56. The van der Waals surface area contributed by atoms with Crippen LogP contribution in [0.4, 0.5) is 11.5 Å². The highest BCUT2D eigenvalue weighted by atomic mass is 16.5. The first-order valence-electron chi connectivity index (χ1n) is 6.75. The first kappa shape index (κ1) is 13.9. The number of aromatic nitrogens is 2. The molecule has 1 aromatic heterocycles. The van der Waals surface area contributed by atoms with Crippen molar-refractivity contribution < 1.29 is 9.47 Å². The molecule has 0 amide bonds. The summed E-state index contributed by atoms with van der Waals surface area (Å²) >= 11 is 0. The summed E-state index contributed by atoms with van der Waals surface area (Å²) in [5.41, 5.74) is 6.46. The van der Waals surface area contributed by atoms with Crippen LogP contribution in [-0.2, 0) is 4.74 Å². The molecule has 0 bridgehead atoms. The van der Waals surface area contributed by atoms with E-state index >= 15 is 0 Å². The average Bonchev–Trinajstić information content (AvgIpc) is 2.86. The van der Waals surface area contributed by atoms with Gasteiger partial charge in [0.15, 0.2) is 5.82 Å². The van der Waals surface area contributed by atoms with Gasteiger partial charge < -0.3 is 20.5 Å². The zero-order valence-electron chi connectivity index (χ0n) is 11.6. The second-order valence-electron chi connectivity index (χ2n) is 5.05.